The number of rotatable bonds is 3. The molecule has 2 unspecified atom stereocenters. The number of alkyl halides is 1. The summed E-state index contributed by atoms with van der Waals surface area (Å²) >= 11 is 3.04. The molecule has 1 rings (SSSR count). The van der Waals surface area contributed by atoms with E-state index in [0.29, 0.717) is 5.56 Å². The van der Waals surface area contributed by atoms with Crippen molar-refractivity contribution < 1.29 is 14.6 Å². The van der Waals surface area contributed by atoms with Crippen molar-refractivity contribution in [2.75, 3.05) is 5.33 Å². The molecule has 1 aromatic rings. The van der Waals surface area contributed by atoms with Crippen LogP contribution >= 0.6 is 15.9 Å². The van der Waals surface area contributed by atoms with E-state index < -0.39 is 18.2 Å². The smallest absolute Gasteiger partial charge is 0.216 e. The van der Waals surface area contributed by atoms with Gasteiger partial charge in [-0.25, -0.2) is 4.98 Å². The Hall–Kier alpha value is -0.520. The van der Waals surface area contributed by atoms with Crippen LogP contribution in [-0.4, -0.2) is 26.6 Å². The van der Waals surface area contributed by atoms with E-state index in [1.807, 2.05) is 0 Å². The van der Waals surface area contributed by atoms with Gasteiger partial charge in [0.05, 0.1) is 6.10 Å². The molecule has 1 heterocycles. The van der Waals surface area contributed by atoms with Gasteiger partial charge in [0.15, 0.2) is 0 Å². The Balaban J connectivity index is 3.01. The van der Waals surface area contributed by atoms with E-state index in [0.717, 1.165) is 0 Å². The van der Waals surface area contributed by atoms with E-state index in [9.17, 15) is 14.6 Å². The van der Waals surface area contributed by atoms with Crippen LogP contribution in [-0.2, 0) is 0 Å². The molecule has 0 saturated heterocycles. The van der Waals surface area contributed by atoms with E-state index >= 15 is 0 Å². The van der Waals surface area contributed by atoms with Crippen molar-refractivity contribution in [3.8, 4) is 0 Å². The molecule has 2 atom stereocenters. The minimum absolute atomic E-state index is 0.234. The Kier molecular flexibility index (Phi) is 3.97. The standard InChI is InChI=1S/C9H11BrFNO2/c1-5-6(2-3-12-9(5)11)8(14)7(13)4-10/h2-3,7-8,13-14H,4H2,1H3. The predicted octanol–water partition coefficient (Wildman–Crippen LogP) is 1.32. The van der Waals surface area contributed by atoms with Gasteiger partial charge in [-0.1, -0.05) is 15.9 Å². The van der Waals surface area contributed by atoms with Crippen molar-refractivity contribution in [3.05, 3.63) is 29.3 Å². The van der Waals surface area contributed by atoms with Crippen LogP contribution < -0.4 is 0 Å². The molecule has 3 nitrogen and oxygen atoms in total. The van der Waals surface area contributed by atoms with E-state index in [-0.39, 0.29) is 10.9 Å². The van der Waals surface area contributed by atoms with Gasteiger partial charge in [0, 0.05) is 17.1 Å². The number of pyridine rings is 1. The maximum atomic E-state index is 13.0. The van der Waals surface area contributed by atoms with Crippen LogP contribution in [0.3, 0.4) is 0 Å². The van der Waals surface area contributed by atoms with Gasteiger partial charge in [-0.3, -0.25) is 0 Å². The number of hydrogen-bond donors (Lipinski definition) is 2. The molecule has 5 heteroatoms. The summed E-state index contributed by atoms with van der Waals surface area (Å²) in [5.41, 5.74) is 0.629. The number of hydrogen-bond acceptors (Lipinski definition) is 3. The number of nitrogens with zero attached hydrogens (tertiary/aromatic N) is 1. The molecule has 0 saturated carbocycles. The summed E-state index contributed by atoms with van der Waals surface area (Å²) in [6, 6.07) is 1.50. The highest BCUT2D eigenvalue weighted by molar-refractivity contribution is 9.09. The van der Waals surface area contributed by atoms with Gasteiger partial charge < -0.3 is 10.2 Å². The largest absolute Gasteiger partial charge is 0.389 e. The summed E-state index contributed by atoms with van der Waals surface area (Å²) in [6.07, 6.45) is -0.774. The maximum absolute atomic E-state index is 13.0. The SMILES string of the molecule is Cc1c(C(O)C(O)CBr)ccnc1F. The minimum atomic E-state index is -1.09. The minimum Gasteiger partial charge on any atom is -0.389 e. The molecule has 1 aromatic heterocycles. The van der Waals surface area contributed by atoms with Gasteiger partial charge in [0.1, 0.15) is 6.10 Å². The molecule has 0 aliphatic carbocycles. The van der Waals surface area contributed by atoms with Crippen LogP contribution in [0, 0.1) is 12.9 Å². The topological polar surface area (TPSA) is 53.4 Å². The zero-order valence-corrected chi connectivity index (χ0v) is 9.20. The molecule has 0 amide bonds. The van der Waals surface area contributed by atoms with Crippen molar-refractivity contribution >= 4 is 15.9 Å². The Morgan fingerprint density at radius 3 is 2.79 bits per heavy atom. The van der Waals surface area contributed by atoms with Gasteiger partial charge >= 0.3 is 0 Å². The fourth-order valence-corrected chi connectivity index (χ4v) is 1.49. The highest BCUT2D eigenvalue weighted by Crippen LogP contribution is 2.22. The Labute approximate surface area is 89.7 Å². The van der Waals surface area contributed by atoms with Crippen LogP contribution in [0.15, 0.2) is 12.3 Å². The van der Waals surface area contributed by atoms with E-state index in [4.69, 9.17) is 0 Å². The highest BCUT2D eigenvalue weighted by atomic mass is 79.9. The van der Waals surface area contributed by atoms with Crippen LogP contribution in [0.5, 0.6) is 0 Å². The second-order valence-corrected chi connectivity index (χ2v) is 3.63. The number of aliphatic hydroxyl groups is 2. The number of halogens is 2. The Morgan fingerprint density at radius 1 is 1.57 bits per heavy atom. The van der Waals surface area contributed by atoms with Crippen LogP contribution in [0.2, 0.25) is 0 Å². The summed E-state index contributed by atoms with van der Waals surface area (Å²) in [7, 11) is 0. The fourth-order valence-electron chi connectivity index (χ4n) is 1.14. The average Bonchev–Trinajstić information content (AvgIpc) is 2.20. The van der Waals surface area contributed by atoms with Crippen LogP contribution in [0.25, 0.3) is 0 Å². The summed E-state index contributed by atoms with van der Waals surface area (Å²) in [5.74, 6) is -0.622. The molecule has 0 spiro atoms. The quantitative estimate of drug-likeness (QED) is 0.639. The molecule has 0 aliphatic rings. The van der Waals surface area contributed by atoms with Gasteiger partial charge in [-0.2, -0.15) is 4.39 Å². The molecule has 0 radical (unpaired) electrons. The summed E-state index contributed by atoms with van der Waals surface area (Å²) in [6.45, 7) is 1.52. The second-order valence-electron chi connectivity index (χ2n) is 2.98. The van der Waals surface area contributed by atoms with E-state index in [1.54, 1.807) is 0 Å². The van der Waals surface area contributed by atoms with Crippen LogP contribution in [0.4, 0.5) is 4.39 Å². The third-order valence-electron chi connectivity index (χ3n) is 2.03. The monoisotopic (exact) mass is 263 g/mol. The van der Waals surface area contributed by atoms with Crippen molar-refractivity contribution in [1.29, 1.82) is 0 Å². The molecule has 0 bridgehead atoms. The molecule has 0 aromatic carbocycles. The molecule has 14 heavy (non-hydrogen) atoms. The normalized spacial score (nSPS) is 15.2. The lowest BCUT2D eigenvalue weighted by Crippen LogP contribution is -2.20. The van der Waals surface area contributed by atoms with E-state index in [2.05, 4.69) is 20.9 Å². The predicted molar refractivity (Wildman–Crippen MR) is 53.7 cm³/mol. The lowest BCUT2D eigenvalue weighted by atomic mass is 10.0. The summed E-state index contributed by atoms with van der Waals surface area (Å²) < 4.78 is 13.0. The first-order valence-corrected chi connectivity index (χ1v) is 5.23. The average molecular weight is 264 g/mol. The third kappa shape index (κ3) is 2.29. The first-order valence-electron chi connectivity index (χ1n) is 4.11. The lowest BCUT2D eigenvalue weighted by Gasteiger charge is -2.17. The molecule has 2 N–H and O–H groups in total. The Morgan fingerprint density at radius 2 is 2.21 bits per heavy atom. The number of aliphatic hydroxyl groups excluding tert-OH is 2. The Bertz CT molecular complexity index is 322. The summed E-state index contributed by atoms with van der Waals surface area (Å²) in [4.78, 5) is 3.44. The first kappa shape index (κ1) is 11.6. The number of aromatic nitrogens is 1. The molecule has 78 valence electrons. The first-order chi connectivity index (χ1) is 6.57. The van der Waals surface area contributed by atoms with Crippen molar-refractivity contribution in [1.82, 2.24) is 4.98 Å². The zero-order valence-electron chi connectivity index (χ0n) is 7.61. The third-order valence-corrected chi connectivity index (χ3v) is 2.69. The van der Waals surface area contributed by atoms with Gasteiger partial charge in [-0.05, 0) is 18.6 Å². The van der Waals surface area contributed by atoms with Gasteiger partial charge in [0.25, 0.3) is 0 Å². The molecular formula is C9H11BrFNO2. The molecule has 0 aliphatic heterocycles. The zero-order chi connectivity index (χ0) is 10.7. The lowest BCUT2D eigenvalue weighted by molar-refractivity contribution is 0.0336. The van der Waals surface area contributed by atoms with Crippen molar-refractivity contribution in [2.24, 2.45) is 0 Å². The van der Waals surface area contributed by atoms with E-state index in [1.165, 1.54) is 19.2 Å². The fraction of sp³-hybridized carbons (Fsp3) is 0.444. The van der Waals surface area contributed by atoms with Crippen molar-refractivity contribution in [3.63, 3.8) is 0 Å². The van der Waals surface area contributed by atoms with Gasteiger partial charge in [0.2, 0.25) is 5.95 Å². The molecule has 0 fully saturated rings. The van der Waals surface area contributed by atoms with Crippen molar-refractivity contribution in [2.45, 2.75) is 19.1 Å². The maximum Gasteiger partial charge on any atom is 0.216 e. The highest BCUT2D eigenvalue weighted by Gasteiger charge is 2.20. The second kappa shape index (κ2) is 4.82. The van der Waals surface area contributed by atoms with Gasteiger partial charge in [-0.15, -0.1) is 0 Å². The van der Waals surface area contributed by atoms with Crippen LogP contribution in [0.1, 0.15) is 17.2 Å². The summed E-state index contributed by atoms with van der Waals surface area (Å²) in [5, 5.41) is 19.2. The molecular weight excluding hydrogens is 253 g/mol.